The highest BCUT2D eigenvalue weighted by Gasteiger charge is 2.31. The van der Waals surface area contributed by atoms with Gasteiger partial charge in [0, 0.05) is 30.9 Å². The summed E-state index contributed by atoms with van der Waals surface area (Å²) in [5.74, 6) is 0. The molecule has 0 radical (unpaired) electrons. The molecule has 1 saturated heterocycles. The van der Waals surface area contributed by atoms with Crippen LogP contribution in [0.15, 0.2) is 53.4 Å². The molecule has 0 aliphatic carbocycles. The molecule has 1 aliphatic rings. The number of aryl methyl sites for hydroxylation is 1. The van der Waals surface area contributed by atoms with Gasteiger partial charge in [-0.3, -0.25) is 4.90 Å². The number of urea groups is 1. The molecule has 3 rings (SSSR count). The van der Waals surface area contributed by atoms with E-state index in [0.717, 1.165) is 25.1 Å². The van der Waals surface area contributed by atoms with Crippen molar-refractivity contribution in [3.63, 3.8) is 0 Å². The predicted molar refractivity (Wildman–Crippen MR) is 114 cm³/mol. The lowest BCUT2D eigenvalue weighted by atomic mass is 10.1. The Bertz CT molecular complexity index is 963. The number of carbonyl (C=O) groups excluding carboxylic acids is 1. The largest absolute Gasteiger partial charge is 0.334 e. The van der Waals surface area contributed by atoms with Crippen LogP contribution in [0, 0.1) is 6.92 Å². The van der Waals surface area contributed by atoms with E-state index in [4.69, 9.17) is 0 Å². The van der Waals surface area contributed by atoms with Crippen LogP contribution in [0.2, 0.25) is 0 Å². The van der Waals surface area contributed by atoms with Crippen LogP contribution in [0.25, 0.3) is 0 Å². The van der Waals surface area contributed by atoms with Gasteiger partial charge in [-0.2, -0.15) is 0 Å². The van der Waals surface area contributed by atoms with Crippen molar-refractivity contribution in [1.29, 1.82) is 0 Å². The highest BCUT2D eigenvalue weighted by atomic mass is 32.2. The summed E-state index contributed by atoms with van der Waals surface area (Å²) in [5, 5.41) is 5.83. The smallest absolute Gasteiger partial charge is 0.319 e. The van der Waals surface area contributed by atoms with Crippen molar-refractivity contribution in [2.24, 2.45) is 0 Å². The molecule has 1 fully saturated rings. The number of carbonyl (C=O) groups is 1. The molecule has 1 aliphatic heterocycles. The Hall–Kier alpha value is -2.42. The number of rotatable bonds is 6. The quantitative estimate of drug-likeness (QED) is 0.675. The zero-order valence-corrected chi connectivity index (χ0v) is 17.8. The Morgan fingerprint density at radius 3 is 2.59 bits per heavy atom. The number of hydrogen-bond acceptors (Lipinski definition) is 4. The highest BCUT2D eigenvalue weighted by Crippen LogP contribution is 2.22. The molecule has 0 saturated carbocycles. The maximum atomic E-state index is 12.6. The van der Waals surface area contributed by atoms with Gasteiger partial charge in [0.15, 0.2) is 0 Å². The van der Waals surface area contributed by atoms with Crippen LogP contribution in [0.4, 0.5) is 10.5 Å². The van der Waals surface area contributed by atoms with Gasteiger partial charge in [0.2, 0.25) is 10.0 Å². The molecular formula is C21H28N4O3S. The summed E-state index contributed by atoms with van der Waals surface area (Å²) in [6.07, 6.45) is 0.870. The number of benzene rings is 2. The van der Waals surface area contributed by atoms with Gasteiger partial charge in [0.05, 0.1) is 4.90 Å². The third kappa shape index (κ3) is 5.14. The maximum absolute atomic E-state index is 12.6. The number of nitrogens with one attached hydrogen (secondary N) is 3. The molecule has 2 unspecified atom stereocenters. The standard InChI is InChI=1S/C21H28N4O3S/c1-15-9-10-18(29(27,28)22-3)13-20(15)24-21(26)23-19-11-12-25(16(19)2)14-17-7-5-4-6-8-17/h4-10,13,16,19,22H,11-12,14H2,1-3H3,(H2,23,24,26). The third-order valence-electron chi connectivity index (χ3n) is 5.47. The molecule has 0 spiro atoms. The maximum Gasteiger partial charge on any atom is 0.319 e. The van der Waals surface area contributed by atoms with Gasteiger partial charge in [0.1, 0.15) is 0 Å². The Balaban J connectivity index is 1.62. The summed E-state index contributed by atoms with van der Waals surface area (Å²) in [6.45, 7) is 5.71. The molecule has 2 aromatic carbocycles. The van der Waals surface area contributed by atoms with Crippen molar-refractivity contribution in [2.75, 3.05) is 18.9 Å². The Labute approximate surface area is 172 Å². The third-order valence-corrected chi connectivity index (χ3v) is 6.88. The number of hydrogen-bond donors (Lipinski definition) is 3. The first-order chi connectivity index (χ1) is 13.8. The van der Waals surface area contributed by atoms with E-state index >= 15 is 0 Å². The topological polar surface area (TPSA) is 90.5 Å². The minimum Gasteiger partial charge on any atom is -0.334 e. The monoisotopic (exact) mass is 416 g/mol. The van der Waals surface area contributed by atoms with Crippen molar-refractivity contribution in [3.05, 3.63) is 59.7 Å². The van der Waals surface area contributed by atoms with E-state index in [-0.39, 0.29) is 23.0 Å². The molecule has 0 aromatic heterocycles. The van der Waals surface area contributed by atoms with E-state index in [9.17, 15) is 13.2 Å². The van der Waals surface area contributed by atoms with Gasteiger partial charge in [-0.15, -0.1) is 0 Å². The lowest BCUT2D eigenvalue weighted by molar-refractivity contribution is 0.229. The van der Waals surface area contributed by atoms with E-state index in [0.29, 0.717) is 5.69 Å². The van der Waals surface area contributed by atoms with E-state index < -0.39 is 10.0 Å². The van der Waals surface area contributed by atoms with Gasteiger partial charge >= 0.3 is 6.03 Å². The van der Waals surface area contributed by atoms with Crippen molar-refractivity contribution < 1.29 is 13.2 Å². The highest BCUT2D eigenvalue weighted by molar-refractivity contribution is 7.89. The normalized spacial score (nSPS) is 19.8. The van der Waals surface area contributed by atoms with Gasteiger partial charge in [0.25, 0.3) is 0 Å². The first-order valence-electron chi connectivity index (χ1n) is 9.70. The molecule has 2 atom stereocenters. The summed E-state index contributed by atoms with van der Waals surface area (Å²) in [5.41, 5.74) is 2.52. The fourth-order valence-electron chi connectivity index (χ4n) is 3.59. The van der Waals surface area contributed by atoms with Gasteiger partial charge < -0.3 is 10.6 Å². The second-order valence-electron chi connectivity index (χ2n) is 7.37. The average Bonchev–Trinajstić information content (AvgIpc) is 3.03. The van der Waals surface area contributed by atoms with Crippen molar-refractivity contribution in [2.45, 2.75) is 43.8 Å². The van der Waals surface area contributed by atoms with Crippen LogP contribution >= 0.6 is 0 Å². The molecule has 2 amide bonds. The first kappa shape index (κ1) is 21.3. The summed E-state index contributed by atoms with van der Waals surface area (Å²) < 4.78 is 26.3. The van der Waals surface area contributed by atoms with Crippen LogP contribution in [0.5, 0.6) is 0 Å². The minimum absolute atomic E-state index is 0.0308. The first-order valence-corrected chi connectivity index (χ1v) is 11.2. The van der Waals surface area contributed by atoms with E-state index in [1.165, 1.54) is 24.7 Å². The van der Waals surface area contributed by atoms with Crippen LogP contribution in [-0.2, 0) is 16.6 Å². The molecular weight excluding hydrogens is 388 g/mol. The summed E-state index contributed by atoms with van der Waals surface area (Å²) >= 11 is 0. The molecule has 8 heteroatoms. The lowest BCUT2D eigenvalue weighted by Crippen LogP contribution is -2.44. The minimum atomic E-state index is -3.57. The molecule has 2 aromatic rings. The lowest BCUT2D eigenvalue weighted by Gasteiger charge is -2.25. The fourth-order valence-corrected chi connectivity index (χ4v) is 4.34. The van der Waals surface area contributed by atoms with Crippen LogP contribution < -0.4 is 15.4 Å². The number of likely N-dealkylation sites (tertiary alicyclic amines) is 1. The van der Waals surface area contributed by atoms with Crippen molar-refractivity contribution in [1.82, 2.24) is 14.9 Å². The summed E-state index contributed by atoms with van der Waals surface area (Å²) in [7, 11) is -2.21. The number of anilines is 1. The van der Waals surface area contributed by atoms with Gasteiger partial charge in [-0.25, -0.2) is 17.9 Å². The van der Waals surface area contributed by atoms with E-state index in [2.05, 4.69) is 39.3 Å². The predicted octanol–water partition coefficient (Wildman–Crippen LogP) is 2.69. The average molecular weight is 417 g/mol. The summed E-state index contributed by atoms with van der Waals surface area (Å²) in [4.78, 5) is 15.0. The second-order valence-corrected chi connectivity index (χ2v) is 9.26. The van der Waals surface area contributed by atoms with Crippen LogP contribution in [-0.4, -0.2) is 45.0 Å². The molecule has 7 nitrogen and oxygen atoms in total. The second kappa shape index (κ2) is 8.94. The van der Waals surface area contributed by atoms with E-state index in [1.807, 2.05) is 25.1 Å². The molecule has 3 N–H and O–H groups in total. The molecule has 156 valence electrons. The van der Waals surface area contributed by atoms with Gasteiger partial charge in [-0.05, 0) is 50.6 Å². The van der Waals surface area contributed by atoms with Crippen LogP contribution in [0.3, 0.4) is 0 Å². The zero-order valence-electron chi connectivity index (χ0n) is 17.0. The Morgan fingerprint density at radius 2 is 1.90 bits per heavy atom. The molecule has 1 heterocycles. The molecule has 29 heavy (non-hydrogen) atoms. The zero-order chi connectivity index (χ0) is 21.0. The van der Waals surface area contributed by atoms with Crippen LogP contribution in [0.1, 0.15) is 24.5 Å². The number of amides is 2. The molecule has 0 bridgehead atoms. The Morgan fingerprint density at radius 1 is 1.17 bits per heavy atom. The van der Waals surface area contributed by atoms with E-state index in [1.54, 1.807) is 6.07 Å². The number of nitrogens with zero attached hydrogens (tertiary/aromatic N) is 1. The summed E-state index contributed by atoms with van der Waals surface area (Å²) in [6, 6.07) is 14.9. The Kier molecular flexibility index (Phi) is 6.56. The van der Waals surface area contributed by atoms with Crippen molar-refractivity contribution >= 4 is 21.7 Å². The van der Waals surface area contributed by atoms with Gasteiger partial charge in [-0.1, -0.05) is 36.4 Å². The van der Waals surface area contributed by atoms with Crippen molar-refractivity contribution in [3.8, 4) is 0 Å². The SMILES string of the molecule is CNS(=O)(=O)c1ccc(C)c(NC(=O)NC2CCN(Cc3ccccc3)C2C)c1. The number of sulfonamides is 1. The fraction of sp³-hybridized carbons (Fsp3) is 0.381.